The van der Waals surface area contributed by atoms with Gasteiger partial charge in [-0.2, -0.15) is 5.26 Å². The zero-order valence-electron chi connectivity index (χ0n) is 9.18. The van der Waals surface area contributed by atoms with Crippen LogP contribution in [0.15, 0.2) is 0 Å². The Labute approximate surface area is 90.0 Å². The van der Waals surface area contributed by atoms with Gasteiger partial charge in [-0.25, -0.2) is 0 Å². The molecule has 0 bridgehead atoms. The molecule has 1 unspecified atom stereocenters. The molecule has 4 atom stereocenters. The summed E-state index contributed by atoms with van der Waals surface area (Å²) in [6, 6.07) is 1.55. The maximum atomic E-state index is 12.0. The summed E-state index contributed by atoms with van der Waals surface area (Å²) in [4.78, 5) is 13.7. The summed E-state index contributed by atoms with van der Waals surface area (Å²) in [6.07, 6.45) is 1.11. The monoisotopic (exact) mass is 207 g/mol. The Bertz CT molecular complexity index is 320. The zero-order valence-corrected chi connectivity index (χ0v) is 9.18. The molecule has 2 rings (SSSR count). The van der Waals surface area contributed by atoms with Gasteiger partial charge in [0.25, 0.3) is 0 Å². The van der Waals surface area contributed by atoms with Crippen molar-refractivity contribution in [3.05, 3.63) is 0 Å². The predicted octanol–water partition coefficient (Wildman–Crippen LogP) is 0.340. The third-order valence-corrected chi connectivity index (χ3v) is 3.57. The third kappa shape index (κ3) is 1.61. The Morgan fingerprint density at radius 3 is 2.80 bits per heavy atom. The molecule has 1 aliphatic carbocycles. The van der Waals surface area contributed by atoms with Gasteiger partial charge in [0.2, 0.25) is 5.91 Å². The van der Waals surface area contributed by atoms with E-state index in [-0.39, 0.29) is 17.9 Å². The Balaban J connectivity index is 2.05. The first-order valence-corrected chi connectivity index (χ1v) is 5.52. The lowest BCUT2D eigenvalue weighted by atomic mass is 10.0. The van der Waals surface area contributed by atoms with Crippen LogP contribution in [0, 0.1) is 29.1 Å². The third-order valence-electron chi connectivity index (χ3n) is 3.57. The number of hydrogen-bond donors (Lipinski definition) is 1. The first kappa shape index (κ1) is 10.4. The molecule has 1 saturated heterocycles. The molecule has 0 radical (unpaired) electrons. The fourth-order valence-corrected chi connectivity index (χ4v) is 2.33. The van der Waals surface area contributed by atoms with Gasteiger partial charge in [0.05, 0.1) is 12.1 Å². The minimum Gasteiger partial charge on any atom is -0.325 e. The number of piperidine rings is 1. The highest BCUT2D eigenvalue weighted by molar-refractivity contribution is 5.83. The van der Waals surface area contributed by atoms with Gasteiger partial charge in [-0.15, -0.1) is 0 Å². The second-order valence-corrected chi connectivity index (χ2v) is 4.99. The largest absolute Gasteiger partial charge is 0.325 e. The predicted molar refractivity (Wildman–Crippen MR) is 55.5 cm³/mol. The van der Waals surface area contributed by atoms with E-state index in [1.165, 1.54) is 0 Å². The number of nitriles is 1. The number of nitrogens with two attached hydrogens (primary N) is 1. The Morgan fingerprint density at radius 1 is 1.60 bits per heavy atom. The highest BCUT2D eigenvalue weighted by atomic mass is 16.2. The van der Waals surface area contributed by atoms with Crippen molar-refractivity contribution in [2.45, 2.75) is 32.4 Å². The maximum Gasteiger partial charge on any atom is 0.240 e. The van der Waals surface area contributed by atoms with Crippen molar-refractivity contribution >= 4 is 5.91 Å². The normalized spacial score (nSPS) is 34.9. The van der Waals surface area contributed by atoms with E-state index < -0.39 is 6.04 Å². The fourth-order valence-electron chi connectivity index (χ4n) is 2.33. The van der Waals surface area contributed by atoms with Crippen LogP contribution in [0.4, 0.5) is 0 Å². The number of likely N-dealkylation sites (tertiary alicyclic amines) is 1. The van der Waals surface area contributed by atoms with Crippen LogP contribution in [0.25, 0.3) is 0 Å². The number of nitrogens with zero attached hydrogens (tertiary/aromatic N) is 2. The van der Waals surface area contributed by atoms with Crippen molar-refractivity contribution in [2.24, 2.45) is 23.5 Å². The molecule has 4 nitrogen and oxygen atoms in total. The van der Waals surface area contributed by atoms with E-state index in [0.29, 0.717) is 11.8 Å². The molecule has 15 heavy (non-hydrogen) atoms. The van der Waals surface area contributed by atoms with E-state index in [4.69, 9.17) is 11.0 Å². The van der Waals surface area contributed by atoms with Gasteiger partial charge in [0, 0.05) is 6.54 Å². The van der Waals surface area contributed by atoms with Gasteiger partial charge in [0.15, 0.2) is 0 Å². The summed E-state index contributed by atoms with van der Waals surface area (Å²) >= 11 is 0. The average Bonchev–Trinajstić information content (AvgIpc) is 2.88. The maximum absolute atomic E-state index is 12.0. The number of carbonyl (C=O) groups excluding carboxylic acids is 1. The second kappa shape index (κ2) is 3.49. The molecule has 0 aromatic heterocycles. The lowest BCUT2D eigenvalue weighted by Gasteiger charge is -2.27. The van der Waals surface area contributed by atoms with Crippen LogP contribution >= 0.6 is 0 Å². The molecule has 1 aliphatic heterocycles. The summed E-state index contributed by atoms with van der Waals surface area (Å²) in [6.45, 7) is 4.60. The number of hydrogen-bond acceptors (Lipinski definition) is 3. The highest BCUT2D eigenvalue weighted by Gasteiger charge is 2.54. The lowest BCUT2D eigenvalue weighted by molar-refractivity contribution is -0.134. The molecule has 2 aliphatic rings. The quantitative estimate of drug-likeness (QED) is 0.709. The average molecular weight is 207 g/mol. The van der Waals surface area contributed by atoms with Crippen molar-refractivity contribution in [3.63, 3.8) is 0 Å². The van der Waals surface area contributed by atoms with Gasteiger partial charge >= 0.3 is 0 Å². The standard InChI is InChI=1S/C11H17N3O/c1-6(2)10(13)11(15)14-5-7-3-8(7)9(14)4-12/h6-10H,3,5,13H2,1-2H3/t7-,8-,9?,10+/m1/s1. The van der Waals surface area contributed by atoms with Gasteiger partial charge in [0.1, 0.15) is 6.04 Å². The number of fused-ring (bicyclic) bond motifs is 1. The summed E-state index contributed by atoms with van der Waals surface area (Å²) in [5, 5.41) is 9.02. The van der Waals surface area contributed by atoms with E-state index in [1.54, 1.807) is 4.90 Å². The number of rotatable bonds is 2. The fraction of sp³-hybridized carbons (Fsp3) is 0.818. The van der Waals surface area contributed by atoms with Crippen LogP contribution in [0.2, 0.25) is 0 Å². The van der Waals surface area contributed by atoms with Crippen molar-refractivity contribution < 1.29 is 4.79 Å². The summed E-state index contributed by atoms with van der Waals surface area (Å²) in [7, 11) is 0. The summed E-state index contributed by atoms with van der Waals surface area (Å²) < 4.78 is 0. The van der Waals surface area contributed by atoms with E-state index in [9.17, 15) is 4.79 Å². The van der Waals surface area contributed by atoms with Crippen molar-refractivity contribution in [2.75, 3.05) is 6.54 Å². The number of amides is 1. The highest BCUT2D eigenvalue weighted by Crippen LogP contribution is 2.49. The van der Waals surface area contributed by atoms with E-state index in [0.717, 1.165) is 13.0 Å². The minimum atomic E-state index is -0.460. The van der Waals surface area contributed by atoms with Crippen LogP contribution in [0.3, 0.4) is 0 Å². The first-order valence-electron chi connectivity index (χ1n) is 5.52. The van der Waals surface area contributed by atoms with Crippen LogP contribution in [0.1, 0.15) is 20.3 Å². The van der Waals surface area contributed by atoms with Crippen molar-refractivity contribution in [1.82, 2.24) is 4.90 Å². The number of carbonyl (C=O) groups is 1. The van der Waals surface area contributed by atoms with Crippen LogP contribution in [0.5, 0.6) is 0 Å². The molecule has 2 N–H and O–H groups in total. The molecule has 0 aromatic rings. The van der Waals surface area contributed by atoms with Crippen LogP contribution in [-0.4, -0.2) is 29.4 Å². The molecule has 2 fully saturated rings. The lowest BCUT2D eigenvalue weighted by Crippen LogP contribution is -2.49. The molecule has 4 heteroatoms. The minimum absolute atomic E-state index is 0.0521. The Kier molecular flexibility index (Phi) is 2.43. The van der Waals surface area contributed by atoms with Crippen LogP contribution in [-0.2, 0) is 4.79 Å². The van der Waals surface area contributed by atoms with Gasteiger partial charge in [-0.1, -0.05) is 13.8 Å². The first-order chi connectivity index (χ1) is 7.06. The molecule has 82 valence electrons. The zero-order chi connectivity index (χ0) is 11.2. The summed E-state index contributed by atoms with van der Waals surface area (Å²) in [5.74, 6) is 1.08. The molecular formula is C11H17N3O. The van der Waals surface area contributed by atoms with Crippen LogP contribution < -0.4 is 5.73 Å². The molecule has 1 amide bonds. The van der Waals surface area contributed by atoms with E-state index in [1.807, 2.05) is 13.8 Å². The molecular weight excluding hydrogens is 190 g/mol. The molecule has 0 aromatic carbocycles. The molecule has 1 saturated carbocycles. The van der Waals surface area contributed by atoms with Gasteiger partial charge in [-0.05, 0) is 24.2 Å². The van der Waals surface area contributed by atoms with Crippen molar-refractivity contribution in [1.29, 1.82) is 5.26 Å². The molecule has 1 heterocycles. The smallest absolute Gasteiger partial charge is 0.240 e. The Hall–Kier alpha value is -1.08. The van der Waals surface area contributed by atoms with Gasteiger partial charge in [-0.3, -0.25) is 4.79 Å². The van der Waals surface area contributed by atoms with Crippen molar-refractivity contribution in [3.8, 4) is 6.07 Å². The van der Waals surface area contributed by atoms with E-state index >= 15 is 0 Å². The SMILES string of the molecule is CC(C)[C@H](N)C(=O)N1C[C@H]2C[C@H]2C1C#N. The molecule has 0 spiro atoms. The second-order valence-electron chi connectivity index (χ2n) is 4.99. The van der Waals surface area contributed by atoms with Gasteiger partial charge < -0.3 is 10.6 Å². The topological polar surface area (TPSA) is 70.1 Å². The summed E-state index contributed by atoms with van der Waals surface area (Å²) in [5.41, 5.74) is 5.82. The Morgan fingerprint density at radius 2 is 2.27 bits per heavy atom. The van der Waals surface area contributed by atoms with E-state index in [2.05, 4.69) is 6.07 Å².